The molecule has 1 heterocycles. The van der Waals surface area contributed by atoms with Crippen LogP contribution in [0.4, 0.5) is 0 Å². The average Bonchev–Trinajstić information content (AvgIpc) is 2.81. The lowest BCUT2D eigenvalue weighted by molar-refractivity contribution is 0.0191. The predicted molar refractivity (Wildman–Crippen MR) is 73.1 cm³/mol. The van der Waals surface area contributed by atoms with Crippen molar-refractivity contribution in [3.05, 3.63) is 47.3 Å². The van der Waals surface area contributed by atoms with Gasteiger partial charge in [0.2, 0.25) is 0 Å². The summed E-state index contributed by atoms with van der Waals surface area (Å²) in [7, 11) is 1.74. The Morgan fingerprint density at radius 3 is 2.22 bits per heavy atom. The maximum Gasteiger partial charge on any atom is 0.0871 e. The number of benzene rings is 1. The molecule has 96 valence electrons. The molecule has 0 N–H and O–H groups in total. The first-order valence-corrected chi connectivity index (χ1v) is 6.12. The molecule has 2 aromatic rings. The van der Waals surface area contributed by atoms with Gasteiger partial charge in [-0.1, -0.05) is 12.1 Å². The molecule has 18 heavy (non-hydrogen) atoms. The quantitative estimate of drug-likeness (QED) is 0.827. The monoisotopic (exact) mass is 244 g/mol. The number of hydrogen-bond acceptors (Lipinski definition) is 2. The zero-order valence-corrected chi connectivity index (χ0v) is 11.7. The normalized spacial score (nSPS) is 11.8. The summed E-state index contributed by atoms with van der Waals surface area (Å²) in [4.78, 5) is 0. The lowest BCUT2D eigenvalue weighted by Crippen LogP contribution is -2.20. The van der Waals surface area contributed by atoms with Crippen molar-refractivity contribution in [3.8, 4) is 5.69 Å². The number of hydrogen-bond donors (Lipinski definition) is 0. The van der Waals surface area contributed by atoms with Gasteiger partial charge in [0.05, 0.1) is 11.3 Å². The molecule has 0 bridgehead atoms. The number of rotatable bonds is 3. The van der Waals surface area contributed by atoms with Gasteiger partial charge in [-0.15, -0.1) is 0 Å². The number of nitrogens with zero attached hydrogens (tertiary/aromatic N) is 2. The Balaban J connectivity index is 2.55. The fourth-order valence-electron chi connectivity index (χ4n) is 2.18. The lowest BCUT2D eigenvalue weighted by atomic mass is 9.93. The molecule has 0 unspecified atom stereocenters. The average molecular weight is 244 g/mol. The van der Waals surface area contributed by atoms with Gasteiger partial charge in [-0.3, -0.25) is 0 Å². The van der Waals surface area contributed by atoms with E-state index in [1.165, 1.54) is 16.7 Å². The highest BCUT2D eigenvalue weighted by molar-refractivity contribution is 5.49. The Morgan fingerprint density at radius 2 is 1.78 bits per heavy atom. The molecule has 0 atom stereocenters. The summed E-state index contributed by atoms with van der Waals surface area (Å²) < 4.78 is 7.45. The second-order valence-corrected chi connectivity index (χ2v) is 5.12. The largest absolute Gasteiger partial charge is 0.374 e. The van der Waals surface area contributed by atoms with E-state index in [2.05, 4.69) is 44.9 Å². The molecule has 0 aliphatic heterocycles. The van der Waals surface area contributed by atoms with Crippen LogP contribution in [0.3, 0.4) is 0 Å². The minimum Gasteiger partial charge on any atom is -0.374 e. The van der Waals surface area contributed by atoms with Crippen LogP contribution < -0.4 is 0 Å². The minimum absolute atomic E-state index is 0.266. The highest BCUT2D eigenvalue weighted by Crippen LogP contribution is 2.29. The lowest BCUT2D eigenvalue weighted by Gasteiger charge is -2.25. The van der Waals surface area contributed by atoms with E-state index in [1.807, 2.05) is 16.9 Å². The van der Waals surface area contributed by atoms with Gasteiger partial charge < -0.3 is 4.74 Å². The Hall–Kier alpha value is -1.61. The molecule has 0 amide bonds. The molecular formula is C15H20N2O. The van der Waals surface area contributed by atoms with Crippen molar-refractivity contribution in [2.75, 3.05) is 7.11 Å². The van der Waals surface area contributed by atoms with E-state index in [0.29, 0.717) is 0 Å². The molecule has 1 aromatic carbocycles. The molecule has 0 saturated heterocycles. The summed E-state index contributed by atoms with van der Waals surface area (Å²) >= 11 is 0. The van der Waals surface area contributed by atoms with Gasteiger partial charge in [-0.05, 0) is 50.5 Å². The first-order valence-electron chi connectivity index (χ1n) is 6.12. The second kappa shape index (κ2) is 4.58. The topological polar surface area (TPSA) is 27.1 Å². The molecule has 0 saturated carbocycles. The summed E-state index contributed by atoms with van der Waals surface area (Å²) in [5.41, 5.74) is 4.49. The van der Waals surface area contributed by atoms with Crippen LogP contribution in [0.1, 0.15) is 30.5 Å². The van der Waals surface area contributed by atoms with Crippen molar-refractivity contribution in [2.24, 2.45) is 0 Å². The van der Waals surface area contributed by atoms with E-state index in [0.717, 1.165) is 5.69 Å². The van der Waals surface area contributed by atoms with Gasteiger partial charge in [0, 0.05) is 19.5 Å². The van der Waals surface area contributed by atoms with E-state index in [4.69, 9.17) is 4.74 Å². The van der Waals surface area contributed by atoms with Crippen LogP contribution in [0.5, 0.6) is 0 Å². The zero-order chi connectivity index (χ0) is 13.3. The number of aryl methyl sites for hydroxylation is 2. The van der Waals surface area contributed by atoms with E-state index in [-0.39, 0.29) is 5.60 Å². The van der Waals surface area contributed by atoms with Crippen LogP contribution in [0.25, 0.3) is 5.69 Å². The minimum atomic E-state index is -0.266. The van der Waals surface area contributed by atoms with Crippen LogP contribution >= 0.6 is 0 Å². The van der Waals surface area contributed by atoms with Crippen LogP contribution in [0.2, 0.25) is 0 Å². The Bertz CT molecular complexity index is 519. The van der Waals surface area contributed by atoms with Gasteiger partial charge >= 0.3 is 0 Å². The maximum absolute atomic E-state index is 5.54. The third kappa shape index (κ3) is 2.18. The van der Waals surface area contributed by atoms with Crippen molar-refractivity contribution in [1.82, 2.24) is 9.78 Å². The smallest absolute Gasteiger partial charge is 0.0871 e. The SMILES string of the molecule is COC(C)(C)c1cc(C)c(-n2cccn2)c(C)c1. The van der Waals surface area contributed by atoms with Gasteiger partial charge in [0.25, 0.3) is 0 Å². The molecule has 1 aromatic heterocycles. The van der Waals surface area contributed by atoms with Gasteiger partial charge in [0.1, 0.15) is 0 Å². The highest BCUT2D eigenvalue weighted by Gasteiger charge is 2.21. The molecule has 0 aliphatic carbocycles. The molecule has 0 fully saturated rings. The number of methoxy groups -OCH3 is 1. The zero-order valence-electron chi connectivity index (χ0n) is 11.7. The third-order valence-electron chi connectivity index (χ3n) is 3.43. The summed E-state index contributed by atoms with van der Waals surface area (Å²) in [5, 5.41) is 4.31. The Morgan fingerprint density at radius 1 is 1.17 bits per heavy atom. The molecule has 2 rings (SSSR count). The van der Waals surface area contributed by atoms with Gasteiger partial charge in [-0.2, -0.15) is 5.10 Å². The summed E-state index contributed by atoms with van der Waals surface area (Å²) in [6.45, 7) is 8.38. The van der Waals surface area contributed by atoms with Crippen LogP contribution in [0, 0.1) is 13.8 Å². The molecule has 3 heteroatoms. The highest BCUT2D eigenvalue weighted by atomic mass is 16.5. The molecule has 3 nitrogen and oxygen atoms in total. The van der Waals surface area contributed by atoms with Crippen molar-refractivity contribution in [3.63, 3.8) is 0 Å². The summed E-state index contributed by atoms with van der Waals surface area (Å²) in [6, 6.07) is 6.28. The molecule has 0 spiro atoms. The number of ether oxygens (including phenoxy) is 1. The van der Waals surface area contributed by atoms with E-state index in [1.54, 1.807) is 13.3 Å². The summed E-state index contributed by atoms with van der Waals surface area (Å²) in [6.07, 6.45) is 3.77. The molecule has 0 aliphatic rings. The third-order valence-corrected chi connectivity index (χ3v) is 3.43. The standard InChI is InChI=1S/C15H20N2O/c1-11-9-13(15(3,4)18-5)10-12(2)14(11)17-8-6-7-16-17/h6-10H,1-5H3. The van der Waals surface area contributed by atoms with Crippen molar-refractivity contribution in [1.29, 1.82) is 0 Å². The van der Waals surface area contributed by atoms with Crippen molar-refractivity contribution in [2.45, 2.75) is 33.3 Å². The Kier molecular flexibility index (Phi) is 3.26. The van der Waals surface area contributed by atoms with E-state index < -0.39 is 0 Å². The van der Waals surface area contributed by atoms with Crippen molar-refractivity contribution >= 4 is 0 Å². The van der Waals surface area contributed by atoms with Crippen LogP contribution in [-0.2, 0) is 10.3 Å². The van der Waals surface area contributed by atoms with Crippen LogP contribution in [0.15, 0.2) is 30.6 Å². The maximum atomic E-state index is 5.54. The van der Waals surface area contributed by atoms with E-state index in [9.17, 15) is 0 Å². The molecular weight excluding hydrogens is 224 g/mol. The van der Waals surface area contributed by atoms with Gasteiger partial charge in [0.15, 0.2) is 0 Å². The van der Waals surface area contributed by atoms with Crippen LogP contribution in [-0.4, -0.2) is 16.9 Å². The fourth-order valence-corrected chi connectivity index (χ4v) is 2.18. The first kappa shape index (κ1) is 12.8. The second-order valence-electron chi connectivity index (χ2n) is 5.12. The molecule has 0 radical (unpaired) electrons. The predicted octanol–water partition coefficient (Wildman–Crippen LogP) is 3.37. The fraction of sp³-hybridized carbons (Fsp3) is 0.400. The summed E-state index contributed by atoms with van der Waals surface area (Å²) in [5.74, 6) is 0. The van der Waals surface area contributed by atoms with Crippen molar-refractivity contribution < 1.29 is 4.74 Å². The van der Waals surface area contributed by atoms with E-state index >= 15 is 0 Å². The first-order chi connectivity index (χ1) is 8.45. The Labute approximate surface area is 108 Å². The van der Waals surface area contributed by atoms with Gasteiger partial charge in [-0.25, -0.2) is 4.68 Å². The number of aromatic nitrogens is 2.